The van der Waals surface area contributed by atoms with Crippen molar-refractivity contribution in [2.24, 2.45) is 0 Å². The van der Waals surface area contributed by atoms with Gasteiger partial charge in [-0.15, -0.1) is 0 Å². The highest BCUT2D eigenvalue weighted by molar-refractivity contribution is 5.95. The van der Waals surface area contributed by atoms with Gasteiger partial charge in [-0.1, -0.05) is 18.2 Å². The van der Waals surface area contributed by atoms with E-state index in [4.69, 9.17) is 9.47 Å². The van der Waals surface area contributed by atoms with Crippen LogP contribution in [0.5, 0.6) is 11.5 Å². The quantitative estimate of drug-likeness (QED) is 0.538. The lowest BCUT2D eigenvalue weighted by atomic mass is 10.1. The second-order valence-corrected chi connectivity index (χ2v) is 5.99. The largest absolute Gasteiger partial charge is 0.462 e. The highest BCUT2D eigenvalue weighted by Crippen LogP contribution is 2.25. The number of nitrogens with one attached hydrogen (secondary N) is 1. The number of hydrogen-bond acceptors (Lipinski definition) is 5. The van der Waals surface area contributed by atoms with Crippen LogP contribution in [0.15, 0.2) is 71.7 Å². The molecule has 2 aromatic heterocycles. The number of nitrogens with zero attached hydrogens (tertiary/aromatic N) is 2. The van der Waals surface area contributed by atoms with E-state index in [-0.39, 0.29) is 23.4 Å². The minimum atomic E-state index is -0.531. The van der Waals surface area contributed by atoms with Gasteiger partial charge in [-0.3, -0.25) is 9.89 Å². The van der Waals surface area contributed by atoms with E-state index in [9.17, 15) is 9.59 Å². The second kappa shape index (κ2) is 7.40. The van der Waals surface area contributed by atoms with E-state index >= 15 is 0 Å². The Morgan fingerprint density at radius 3 is 2.50 bits per heavy atom. The number of H-pyrrole nitrogens is 1. The zero-order valence-electron chi connectivity index (χ0n) is 15.1. The summed E-state index contributed by atoms with van der Waals surface area (Å²) in [4.78, 5) is 28.9. The molecule has 4 rings (SSSR count). The fraction of sp³-hybridized carbons (Fsp3) is 0.0952. The minimum absolute atomic E-state index is 0.213. The van der Waals surface area contributed by atoms with Gasteiger partial charge in [0.25, 0.3) is 5.56 Å². The molecule has 0 bridgehead atoms. The lowest BCUT2D eigenvalue weighted by molar-refractivity contribution is 0.0528. The third kappa shape index (κ3) is 3.37. The summed E-state index contributed by atoms with van der Waals surface area (Å²) in [6.45, 7) is 1.96. The summed E-state index contributed by atoms with van der Waals surface area (Å²) in [5, 5.41) is 2.73. The van der Waals surface area contributed by atoms with E-state index < -0.39 is 5.97 Å². The molecule has 28 heavy (non-hydrogen) atoms. The summed E-state index contributed by atoms with van der Waals surface area (Å²) < 4.78 is 12.0. The fourth-order valence-electron chi connectivity index (χ4n) is 2.81. The van der Waals surface area contributed by atoms with Crippen LogP contribution in [0.4, 0.5) is 0 Å². The molecule has 0 aliphatic heterocycles. The van der Waals surface area contributed by atoms with Crippen LogP contribution in [0.25, 0.3) is 16.9 Å². The van der Waals surface area contributed by atoms with Crippen molar-refractivity contribution in [1.82, 2.24) is 14.6 Å². The molecule has 0 spiro atoms. The molecule has 1 N–H and O–H groups in total. The molecule has 0 radical (unpaired) electrons. The third-order valence-corrected chi connectivity index (χ3v) is 4.12. The van der Waals surface area contributed by atoms with Crippen molar-refractivity contribution < 1.29 is 14.3 Å². The van der Waals surface area contributed by atoms with Crippen LogP contribution in [0.3, 0.4) is 0 Å². The van der Waals surface area contributed by atoms with Crippen molar-refractivity contribution in [3.8, 4) is 22.8 Å². The third-order valence-electron chi connectivity index (χ3n) is 4.12. The average molecular weight is 375 g/mol. The highest BCUT2D eigenvalue weighted by Gasteiger charge is 2.17. The van der Waals surface area contributed by atoms with Crippen LogP contribution in [0.2, 0.25) is 0 Å². The molecule has 0 unspecified atom stereocenters. The van der Waals surface area contributed by atoms with Crippen molar-refractivity contribution in [3.63, 3.8) is 0 Å². The number of ether oxygens (including phenoxy) is 2. The van der Waals surface area contributed by atoms with Crippen LogP contribution < -0.4 is 10.3 Å². The molecule has 0 fully saturated rings. The van der Waals surface area contributed by atoms with Crippen molar-refractivity contribution >= 4 is 11.6 Å². The molecule has 0 aliphatic carbocycles. The first kappa shape index (κ1) is 17.5. The van der Waals surface area contributed by atoms with E-state index in [1.807, 2.05) is 42.5 Å². The molecule has 2 aromatic carbocycles. The van der Waals surface area contributed by atoms with Gasteiger partial charge >= 0.3 is 5.97 Å². The Bertz CT molecular complexity index is 1180. The van der Waals surface area contributed by atoms with Gasteiger partial charge < -0.3 is 9.47 Å². The molecular weight excluding hydrogens is 358 g/mol. The van der Waals surface area contributed by atoms with Crippen molar-refractivity contribution in [2.45, 2.75) is 6.92 Å². The Labute approximate surface area is 160 Å². The van der Waals surface area contributed by atoms with Gasteiger partial charge in [-0.25, -0.2) is 14.3 Å². The minimum Gasteiger partial charge on any atom is -0.462 e. The molecule has 0 saturated heterocycles. The highest BCUT2D eigenvalue weighted by atomic mass is 16.5. The number of aromatic amines is 1. The van der Waals surface area contributed by atoms with Crippen LogP contribution in [0.1, 0.15) is 17.3 Å². The second-order valence-electron chi connectivity index (χ2n) is 5.99. The summed E-state index contributed by atoms with van der Waals surface area (Å²) in [5.41, 5.74) is 1.31. The lowest BCUT2D eigenvalue weighted by Gasteiger charge is -2.07. The molecule has 0 aliphatic rings. The van der Waals surface area contributed by atoms with Gasteiger partial charge in [-0.05, 0) is 43.3 Å². The van der Waals surface area contributed by atoms with Gasteiger partial charge in [0.1, 0.15) is 17.1 Å². The van der Waals surface area contributed by atoms with E-state index in [1.54, 1.807) is 19.1 Å². The number of carbonyl (C=O) groups is 1. The fourth-order valence-corrected chi connectivity index (χ4v) is 2.81. The van der Waals surface area contributed by atoms with Gasteiger partial charge in [-0.2, -0.15) is 0 Å². The summed E-state index contributed by atoms with van der Waals surface area (Å²) >= 11 is 0. The number of hydrogen-bond donors (Lipinski definition) is 1. The Morgan fingerprint density at radius 1 is 1.07 bits per heavy atom. The number of fused-ring (bicyclic) bond motifs is 1. The van der Waals surface area contributed by atoms with E-state index in [1.165, 1.54) is 16.8 Å². The zero-order valence-corrected chi connectivity index (χ0v) is 15.1. The SMILES string of the molecule is CCOC(=O)c1c[nH]n2c(=O)cc(-c3ccc(Oc4ccccc4)cc3)nc12. The van der Waals surface area contributed by atoms with Gasteiger partial charge in [0, 0.05) is 17.8 Å². The molecule has 0 saturated carbocycles. The summed E-state index contributed by atoms with van der Waals surface area (Å²) in [6.07, 6.45) is 1.42. The molecule has 0 atom stereocenters. The van der Waals surface area contributed by atoms with Gasteiger partial charge in [0.2, 0.25) is 0 Å². The van der Waals surface area contributed by atoms with Crippen molar-refractivity contribution in [1.29, 1.82) is 0 Å². The predicted molar refractivity (Wildman–Crippen MR) is 104 cm³/mol. The van der Waals surface area contributed by atoms with E-state index in [2.05, 4.69) is 10.1 Å². The first-order chi connectivity index (χ1) is 13.7. The van der Waals surface area contributed by atoms with Gasteiger partial charge in [0.05, 0.1) is 12.3 Å². The molecule has 7 nitrogen and oxygen atoms in total. The van der Waals surface area contributed by atoms with Crippen LogP contribution in [-0.4, -0.2) is 27.2 Å². The number of esters is 1. The first-order valence-corrected chi connectivity index (χ1v) is 8.77. The van der Waals surface area contributed by atoms with Crippen LogP contribution >= 0.6 is 0 Å². The van der Waals surface area contributed by atoms with E-state index in [0.29, 0.717) is 11.4 Å². The van der Waals surface area contributed by atoms with Crippen molar-refractivity contribution in [3.05, 3.63) is 82.8 Å². The maximum atomic E-state index is 12.4. The van der Waals surface area contributed by atoms with Crippen molar-refractivity contribution in [2.75, 3.05) is 6.61 Å². The number of benzene rings is 2. The Morgan fingerprint density at radius 2 is 1.79 bits per heavy atom. The number of carbonyl (C=O) groups excluding carboxylic acids is 1. The number of aromatic nitrogens is 3. The average Bonchev–Trinajstić information content (AvgIpc) is 3.14. The Balaban J connectivity index is 1.68. The zero-order chi connectivity index (χ0) is 19.5. The normalized spacial score (nSPS) is 10.8. The molecule has 4 aromatic rings. The molecule has 0 amide bonds. The number of rotatable bonds is 5. The maximum absolute atomic E-state index is 12.4. The Kier molecular flexibility index (Phi) is 4.63. The first-order valence-electron chi connectivity index (χ1n) is 8.77. The summed E-state index contributed by atoms with van der Waals surface area (Å²) in [6, 6.07) is 18.1. The lowest BCUT2D eigenvalue weighted by Crippen LogP contribution is -2.15. The summed E-state index contributed by atoms with van der Waals surface area (Å²) in [7, 11) is 0. The number of para-hydroxylation sites is 1. The van der Waals surface area contributed by atoms with E-state index in [0.717, 1.165) is 11.3 Å². The summed E-state index contributed by atoms with van der Waals surface area (Å²) in [5.74, 6) is 0.873. The van der Waals surface area contributed by atoms with Crippen LogP contribution in [-0.2, 0) is 4.74 Å². The van der Waals surface area contributed by atoms with Crippen LogP contribution in [0, 0.1) is 0 Å². The topological polar surface area (TPSA) is 85.7 Å². The molecule has 140 valence electrons. The Hall–Kier alpha value is -3.87. The molecule has 2 heterocycles. The monoisotopic (exact) mass is 375 g/mol. The maximum Gasteiger partial charge on any atom is 0.343 e. The van der Waals surface area contributed by atoms with Gasteiger partial charge in [0.15, 0.2) is 5.65 Å². The molecule has 7 heteroatoms. The standard InChI is InChI=1S/C21H17N3O4/c1-2-27-21(26)17-13-22-24-19(25)12-18(23-20(17)24)14-8-10-16(11-9-14)28-15-6-4-3-5-7-15/h3-13,22H,2H2,1H3. The smallest absolute Gasteiger partial charge is 0.343 e. The molecular formula is C21H17N3O4. The predicted octanol–water partition coefficient (Wildman–Crippen LogP) is 3.66.